The highest BCUT2D eigenvalue weighted by atomic mass is 35.5. The quantitative estimate of drug-likeness (QED) is 0.814. The van der Waals surface area contributed by atoms with E-state index in [0.29, 0.717) is 35.3 Å². The van der Waals surface area contributed by atoms with Crippen LogP contribution >= 0.6 is 24.2 Å². The number of hydrogen-bond acceptors (Lipinski definition) is 3. The monoisotopic (exact) mass is 282 g/mol. The van der Waals surface area contributed by atoms with E-state index in [0.717, 1.165) is 0 Å². The van der Waals surface area contributed by atoms with E-state index in [1.165, 1.54) is 24.3 Å². The zero-order chi connectivity index (χ0) is 12.0. The van der Waals surface area contributed by atoms with Crippen molar-refractivity contribution in [1.82, 2.24) is 5.32 Å². The summed E-state index contributed by atoms with van der Waals surface area (Å²) in [7, 11) is 0. The molecule has 1 aromatic rings. The van der Waals surface area contributed by atoms with E-state index in [1.807, 2.05) is 0 Å². The van der Waals surface area contributed by atoms with Crippen LogP contribution in [0.4, 0.5) is 8.78 Å². The number of nitrogens with two attached hydrogens (primary N) is 1. The van der Waals surface area contributed by atoms with Crippen LogP contribution < -0.4 is 11.1 Å². The summed E-state index contributed by atoms with van der Waals surface area (Å²) in [6, 6.07) is 6.01. The minimum atomic E-state index is -2.45. The predicted octanol–water partition coefficient (Wildman–Crippen LogP) is 2.11. The number of benzene rings is 1. The summed E-state index contributed by atoms with van der Waals surface area (Å²) in [5, 5.41) is 2.59. The van der Waals surface area contributed by atoms with Gasteiger partial charge in [0.1, 0.15) is 0 Å². The predicted molar refractivity (Wildman–Crippen MR) is 66.9 cm³/mol. The number of hydrogen-bond donors (Lipinski definition) is 2. The van der Waals surface area contributed by atoms with Gasteiger partial charge in [0.15, 0.2) is 0 Å². The molecule has 1 rings (SSSR count). The molecule has 17 heavy (non-hydrogen) atoms. The van der Waals surface area contributed by atoms with E-state index < -0.39 is 5.76 Å². The Hall–Kier alpha value is -0.850. The van der Waals surface area contributed by atoms with Gasteiger partial charge in [0.05, 0.1) is 0 Å². The maximum absolute atomic E-state index is 12.0. The molecule has 96 valence electrons. The molecule has 0 radical (unpaired) electrons. The van der Waals surface area contributed by atoms with Crippen molar-refractivity contribution in [3.05, 3.63) is 29.8 Å². The first-order valence-electron chi connectivity index (χ1n) is 4.66. The first-order valence-corrected chi connectivity index (χ1v) is 5.54. The Morgan fingerprint density at radius 1 is 1.35 bits per heavy atom. The van der Waals surface area contributed by atoms with Gasteiger partial charge < -0.3 is 11.1 Å². The molecule has 7 heteroatoms. The number of thioether (sulfide) groups is 1. The lowest BCUT2D eigenvalue weighted by atomic mass is 10.2. The van der Waals surface area contributed by atoms with Gasteiger partial charge in [-0.25, -0.2) is 0 Å². The fourth-order valence-corrected chi connectivity index (χ4v) is 1.57. The molecule has 1 amide bonds. The summed E-state index contributed by atoms with van der Waals surface area (Å²) >= 11 is 0.452. The molecule has 0 unspecified atom stereocenters. The lowest BCUT2D eigenvalue weighted by Gasteiger charge is -2.04. The molecule has 3 nitrogen and oxygen atoms in total. The van der Waals surface area contributed by atoms with Crippen molar-refractivity contribution in [3.63, 3.8) is 0 Å². The van der Waals surface area contributed by atoms with Gasteiger partial charge in [-0.1, -0.05) is 11.8 Å². The third kappa shape index (κ3) is 5.86. The van der Waals surface area contributed by atoms with Gasteiger partial charge in [-0.15, -0.1) is 12.4 Å². The second-order valence-electron chi connectivity index (χ2n) is 2.95. The van der Waals surface area contributed by atoms with Crippen molar-refractivity contribution >= 4 is 30.1 Å². The number of nitrogens with one attached hydrogen (secondary N) is 1. The lowest BCUT2D eigenvalue weighted by Crippen LogP contribution is -2.28. The number of amides is 1. The summed E-state index contributed by atoms with van der Waals surface area (Å²) in [4.78, 5) is 11.9. The second kappa shape index (κ2) is 8.27. The molecule has 0 saturated heterocycles. The molecular weight excluding hydrogens is 270 g/mol. The second-order valence-corrected chi connectivity index (χ2v) is 4.01. The molecule has 0 spiro atoms. The van der Waals surface area contributed by atoms with Crippen LogP contribution in [-0.2, 0) is 0 Å². The summed E-state index contributed by atoms with van der Waals surface area (Å²) < 4.78 is 24.0. The van der Waals surface area contributed by atoms with Crippen LogP contribution in [0.5, 0.6) is 0 Å². The van der Waals surface area contributed by atoms with E-state index in [1.54, 1.807) is 0 Å². The molecule has 0 aliphatic heterocycles. The van der Waals surface area contributed by atoms with Crippen molar-refractivity contribution in [2.24, 2.45) is 5.73 Å². The minimum Gasteiger partial charge on any atom is -0.351 e. The normalized spacial score (nSPS) is 9.88. The third-order valence-electron chi connectivity index (χ3n) is 1.77. The van der Waals surface area contributed by atoms with Crippen molar-refractivity contribution < 1.29 is 13.6 Å². The van der Waals surface area contributed by atoms with Gasteiger partial charge in [0.25, 0.3) is 11.7 Å². The zero-order valence-electron chi connectivity index (χ0n) is 8.86. The Morgan fingerprint density at radius 3 is 2.41 bits per heavy atom. The van der Waals surface area contributed by atoms with Gasteiger partial charge in [0, 0.05) is 23.5 Å². The van der Waals surface area contributed by atoms with Crippen molar-refractivity contribution in [2.45, 2.75) is 10.7 Å². The Morgan fingerprint density at radius 2 is 1.94 bits per heavy atom. The molecule has 0 fully saturated rings. The summed E-state index contributed by atoms with van der Waals surface area (Å²) in [6.07, 6.45) is 0. The van der Waals surface area contributed by atoms with E-state index in [-0.39, 0.29) is 18.3 Å². The Labute approximate surface area is 109 Å². The van der Waals surface area contributed by atoms with Gasteiger partial charge in [-0.3, -0.25) is 4.79 Å². The number of halogens is 3. The van der Waals surface area contributed by atoms with Crippen LogP contribution in [0, 0.1) is 0 Å². The molecule has 0 bridgehead atoms. The van der Waals surface area contributed by atoms with Gasteiger partial charge in [-0.2, -0.15) is 8.78 Å². The first kappa shape index (κ1) is 16.1. The highest BCUT2D eigenvalue weighted by Gasteiger charge is 2.07. The molecule has 0 saturated carbocycles. The van der Waals surface area contributed by atoms with Gasteiger partial charge in [-0.05, 0) is 24.3 Å². The maximum atomic E-state index is 12.0. The summed E-state index contributed by atoms with van der Waals surface area (Å²) in [5.74, 6) is -2.70. The van der Waals surface area contributed by atoms with Crippen LogP contribution in [0.1, 0.15) is 10.4 Å². The first-order chi connectivity index (χ1) is 7.63. The van der Waals surface area contributed by atoms with Gasteiger partial charge in [0.2, 0.25) is 0 Å². The van der Waals surface area contributed by atoms with E-state index in [2.05, 4.69) is 5.32 Å². The minimum absolute atomic E-state index is 0. The smallest absolute Gasteiger partial charge is 0.288 e. The molecule has 0 aliphatic rings. The van der Waals surface area contributed by atoms with Crippen molar-refractivity contribution in [3.8, 4) is 0 Å². The Balaban J connectivity index is 0.00000256. The van der Waals surface area contributed by atoms with Crippen molar-refractivity contribution in [2.75, 3.05) is 13.1 Å². The topological polar surface area (TPSA) is 55.1 Å². The fraction of sp³-hybridized carbons (Fsp3) is 0.300. The molecule has 0 aromatic heterocycles. The number of alkyl halides is 2. The maximum Gasteiger partial charge on any atom is 0.288 e. The molecule has 3 N–H and O–H groups in total. The number of carbonyl (C=O) groups is 1. The Kier molecular flexibility index (Phi) is 7.86. The van der Waals surface area contributed by atoms with Crippen LogP contribution in [-0.4, -0.2) is 24.8 Å². The van der Waals surface area contributed by atoms with Gasteiger partial charge >= 0.3 is 0 Å². The molecule has 0 aliphatic carbocycles. The Bertz CT molecular complexity index is 349. The van der Waals surface area contributed by atoms with Crippen molar-refractivity contribution in [1.29, 1.82) is 0 Å². The summed E-state index contributed by atoms with van der Waals surface area (Å²) in [6.45, 7) is 0.761. The summed E-state index contributed by atoms with van der Waals surface area (Å²) in [5.41, 5.74) is 5.67. The van der Waals surface area contributed by atoms with Crippen LogP contribution in [0.2, 0.25) is 0 Å². The van der Waals surface area contributed by atoms with Crippen LogP contribution in [0.3, 0.4) is 0 Å². The average molecular weight is 283 g/mol. The average Bonchev–Trinajstić information content (AvgIpc) is 2.26. The number of rotatable bonds is 5. The SMILES string of the molecule is Cl.NCCNC(=O)c1ccc(SC(F)F)cc1. The largest absolute Gasteiger partial charge is 0.351 e. The number of carbonyl (C=O) groups excluding carboxylic acids is 1. The molecule has 0 atom stereocenters. The highest BCUT2D eigenvalue weighted by Crippen LogP contribution is 2.24. The molecule has 1 aromatic carbocycles. The van der Waals surface area contributed by atoms with E-state index >= 15 is 0 Å². The van der Waals surface area contributed by atoms with E-state index in [9.17, 15) is 13.6 Å². The highest BCUT2D eigenvalue weighted by molar-refractivity contribution is 7.99. The standard InChI is InChI=1S/C10H12F2N2OS.ClH/c11-10(12)16-8-3-1-7(2-4-8)9(15)14-6-5-13;/h1-4,10H,5-6,13H2,(H,14,15);1H. The van der Waals surface area contributed by atoms with Crippen LogP contribution in [0.25, 0.3) is 0 Å². The van der Waals surface area contributed by atoms with E-state index in [4.69, 9.17) is 5.73 Å². The molecular formula is C10H13ClF2N2OS. The third-order valence-corrected chi connectivity index (χ3v) is 2.49. The fourth-order valence-electron chi connectivity index (χ4n) is 1.08. The van der Waals surface area contributed by atoms with Crippen LogP contribution in [0.15, 0.2) is 29.2 Å². The zero-order valence-corrected chi connectivity index (χ0v) is 10.5. The lowest BCUT2D eigenvalue weighted by molar-refractivity contribution is 0.0954. The molecule has 0 heterocycles.